The van der Waals surface area contributed by atoms with E-state index in [4.69, 9.17) is 4.74 Å². The molecule has 2 heterocycles. The van der Waals surface area contributed by atoms with Gasteiger partial charge < -0.3 is 4.74 Å². The average molecular weight is 358 g/mol. The van der Waals surface area contributed by atoms with E-state index in [1.54, 1.807) is 6.08 Å². The lowest BCUT2D eigenvalue weighted by Gasteiger charge is -2.32. The van der Waals surface area contributed by atoms with Crippen LogP contribution in [0.4, 0.5) is 0 Å². The van der Waals surface area contributed by atoms with Gasteiger partial charge in [0.25, 0.3) is 0 Å². The fourth-order valence-electron chi connectivity index (χ4n) is 3.06. The third-order valence-electron chi connectivity index (χ3n) is 4.51. The lowest BCUT2D eigenvalue weighted by atomic mass is 9.99. The van der Waals surface area contributed by atoms with E-state index in [1.165, 1.54) is 4.31 Å². The fourth-order valence-corrected chi connectivity index (χ4v) is 4.50. The summed E-state index contributed by atoms with van der Waals surface area (Å²) < 4.78 is 31.8. The Bertz CT molecular complexity index is 551. The van der Waals surface area contributed by atoms with Gasteiger partial charge in [0, 0.05) is 39.1 Å². The van der Waals surface area contributed by atoms with Crippen molar-refractivity contribution < 1.29 is 22.7 Å². The first-order chi connectivity index (χ1) is 11.4. The Balaban J connectivity index is 1.80. The molecule has 0 aliphatic carbocycles. The molecular formula is C16H26N2O5S. The van der Waals surface area contributed by atoms with E-state index >= 15 is 0 Å². The average Bonchev–Trinajstić information content (AvgIpc) is 2.55. The lowest BCUT2D eigenvalue weighted by Crippen LogP contribution is -2.46. The number of sulfonamides is 1. The monoisotopic (exact) mass is 358 g/mol. The fraction of sp³-hybridized carbons (Fsp3) is 0.750. The first kappa shape index (κ1) is 19.1. The molecule has 0 spiro atoms. The minimum absolute atomic E-state index is 0.0393. The number of amides is 2. The highest BCUT2D eigenvalue weighted by Gasteiger charge is 2.31. The zero-order valence-corrected chi connectivity index (χ0v) is 14.8. The zero-order chi connectivity index (χ0) is 17.6. The number of carbonyl (C=O) groups excluding carboxylic acids is 2. The van der Waals surface area contributed by atoms with Gasteiger partial charge in [-0.15, -0.1) is 6.58 Å². The predicted octanol–water partition coefficient (Wildman–Crippen LogP) is 0.770. The molecule has 0 unspecified atom stereocenters. The number of hydrogen-bond acceptors (Lipinski definition) is 5. The topological polar surface area (TPSA) is 84.0 Å². The predicted molar refractivity (Wildman–Crippen MR) is 89.7 cm³/mol. The van der Waals surface area contributed by atoms with Crippen LogP contribution in [0.3, 0.4) is 0 Å². The van der Waals surface area contributed by atoms with Gasteiger partial charge in [-0.2, -0.15) is 0 Å². The van der Waals surface area contributed by atoms with Gasteiger partial charge in [0.1, 0.15) is 0 Å². The molecule has 0 N–H and O–H groups in total. The van der Waals surface area contributed by atoms with Crippen molar-refractivity contribution in [2.24, 2.45) is 5.92 Å². The molecule has 2 fully saturated rings. The van der Waals surface area contributed by atoms with Crippen LogP contribution in [-0.4, -0.2) is 68.0 Å². The lowest BCUT2D eigenvalue weighted by molar-refractivity contribution is -0.147. The summed E-state index contributed by atoms with van der Waals surface area (Å²) in [6.45, 7) is 5.61. The van der Waals surface area contributed by atoms with Crippen LogP contribution in [-0.2, 0) is 24.3 Å². The summed E-state index contributed by atoms with van der Waals surface area (Å²) in [4.78, 5) is 24.6. The number of likely N-dealkylation sites (tertiary alicyclic amines) is 1. The van der Waals surface area contributed by atoms with Crippen molar-refractivity contribution in [1.82, 2.24) is 9.21 Å². The van der Waals surface area contributed by atoms with Crippen molar-refractivity contribution >= 4 is 21.8 Å². The number of hydrogen-bond donors (Lipinski definition) is 0. The van der Waals surface area contributed by atoms with Gasteiger partial charge >= 0.3 is 0 Å². The number of piperidine rings is 2. The molecule has 136 valence electrons. The smallest absolute Gasteiger partial charge is 0.229 e. The molecule has 0 aromatic carbocycles. The number of imide groups is 1. The van der Waals surface area contributed by atoms with Gasteiger partial charge in [-0.25, -0.2) is 12.7 Å². The van der Waals surface area contributed by atoms with Crippen molar-refractivity contribution in [3.63, 3.8) is 0 Å². The summed E-state index contributed by atoms with van der Waals surface area (Å²) >= 11 is 0. The van der Waals surface area contributed by atoms with E-state index < -0.39 is 10.0 Å². The highest BCUT2D eigenvalue weighted by molar-refractivity contribution is 7.89. The molecule has 0 atom stereocenters. The molecule has 0 aromatic rings. The highest BCUT2D eigenvalue weighted by Crippen LogP contribution is 2.21. The quantitative estimate of drug-likeness (QED) is 0.363. The molecule has 7 nitrogen and oxygen atoms in total. The van der Waals surface area contributed by atoms with Crippen molar-refractivity contribution in [3.8, 4) is 0 Å². The van der Waals surface area contributed by atoms with E-state index in [0.717, 1.165) is 17.7 Å². The van der Waals surface area contributed by atoms with Crippen molar-refractivity contribution in [2.75, 3.05) is 38.6 Å². The SMILES string of the molecule is C=CCOCC1CCN(S(=O)(=O)CCN2C(=O)CCCC2=O)CC1. The highest BCUT2D eigenvalue weighted by atomic mass is 32.2. The number of ether oxygens (including phenoxy) is 1. The summed E-state index contributed by atoms with van der Waals surface area (Å²) in [6.07, 6.45) is 4.42. The molecule has 2 aliphatic rings. The molecule has 2 aliphatic heterocycles. The maximum atomic E-state index is 12.4. The van der Waals surface area contributed by atoms with Crippen molar-refractivity contribution in [2.45, 2.75) is 32.1 Å². The summed E-state index contributed by atoms with van der Waals surface area (Å²) in [5.41, 5.74) is 0. The van der Waals surface area contributed by atoms with Gasteiger partial charge in [-0.3, -0.25) is 14.5 Å². The van der Waals surface area contributed by atoms with E-state index in [9.17, 15) is 18.0 Å². The van der Waals surface area contributed by atoms with Gasteiger partial charge in [-0.05, 0) is 25.2 Å². The van der Waals surface area contributed by atoms with Crippen LogP contribution < -0.4 is 0 Å². The van der Waals surface area contributed by atoms with Crippen LogP contribution in [0.25, 0.3) is 0 Å². The first-order valence-electron chi connectivity index (χ1n) is 8.43. The molecule has 0 aromatic heterocycles. The van der Waals surface area contributed by atoms with Crippen LogP contribution in [0.2, 0.25) is 0 Å². The third-order valence-corrected chi connectivity index (χ3v) is 6.36. The zero-order valence-electron chi connectivity index (χ0n) is 14.0. The van der Waals surface area contributed by atoms with Crippen LogP contribution >= 0.6 is 0 Å². The molecular weight excluding hydrogens is 332 g/mol. The van der Waals surface area contributed by atoms with E-state index in [1.807, 2.05) is 0 Å². The van der Waals surface area contributed by atoms with Crippen LogP contribution in [0, 0.1) is 5.92 Å². The summed E-state index contributed by atoms with van der Waals surface area (Å²) in [5, 5.41) is 0. The van der Waals surface area contributed by atoms with Gasteiger partial charge in [0.15, 0.2) is 0 Å². The molecule has 2 rings (SSSR count). The molecule has 0 radical (unpaired) electrons. The number of nitrogens with zero attached hydrogens (tertiary/aromatic N) is 2. The Morgan fingerprint density at radius 3 is 2.38 bits per heavy atom. The number of rotatable bonds is 8. The minimum Gasteiger partial charge on any atom is -0.377 e. The maximum absolute atomic E-state index is 12.4. The van der Waals surface area contributed by atoms with Gasteiger partial charge in [0.2, 0.25) is 21.8 Å². The molecule has 2 amide bonds. The molecule has 2 saturated heterocycles. The molecule has 0 saturated carbocycles. The van der Waals surface area contributed by atoms with Crippen LogP contribution in [0.1, 0.15) is 32.1 Å². The van der Waals surface area contributed by atoms with E-state index in [2.05, 4.69) is 6.58 Å². The van der Waals surface area contributed by atoms with Gasteiger partial charge in [-0.1, -0.05) is 6.08 Å². The summed E-state index contributed by atoms with van der Waals surface area (Å²) in [5.74, 6) is -0.358. The Hall–Kier alpha value is -1.25. The second-order valence-electron chi connectivity index (χ2n) is 6.28. The molecule has 24 heavy (non-hydrogen) atoms. The summed E-state index contributed by atoms with van der Waals surface area (Å²) in [6, 6.07) is 0. The van der Waals surface area contributed by atoms with Crippen molar-refractivity contribution in [3.05, 3.63) is 12.7 Å². The third kappa shape index (κ3) is 5.12. The number of carbonyl (C=O) groups is 2. The van der Waals surface area contributed by atoms with E-state index in [0.29, 0.717) is 51.5 Å². The van der Waals surface area contributed by atoms with Crippen molar-refractivity contribution in [1.29, 1.82) is 0 Å². The Labute approximate surface area is 143 Å². The van der Waals surface area contributed by atoms with Crippen LogP contribution in [0.5, 0.6) is 0 Å². The van der Waals surface area contributed by atoms with Crippen LogP contribution in [0.15, 0.2) is 12.7 Å². The van der Waals surface area contributed by atoms with E-state index in [-0.39, 0.29) is 24.1 Å². The molecule has 8 heteroatoms. The minimum atomic E-state index is -3.45. The Morgan fingerprint density at radius 2 is 1.79 bits per heavy atom. The normalized spacial score (nSPS) is 21.2. The Kier molecular flexibility index (Phi) is 6.94. The molecule has 0 bridgehead atoms. The largest absolute Gasteiger partial charge is 0.377 e. The summed E-state index contributed by atoms with van der Waals surface area (Å²) in [7, 11) is -3.45. The van der Waals surface area contributed by atoms with Gasteiger partial charge in [0.05, 0.1) is 12.4 Å². The maximum Gasteiger partial charge on any atom is 0.229 e. The second-order valence-corrected chi connectivity index (χ2v) is 8.37. The Morgan fingerprint density at radius 1 is 1.17 bits per heavy atom. The standard InChI is InChI=1S/C16H26N2O5S/c1-2-11-23-13-14-6-8-17(9-7-14)24(21,22)12-10-18-15(19)4-3-5-16(18)20/h2,14H,1,3-13H2. The second kappa shape index (κ2) is 8.73. The first-order valence-corrected chi connectivity index (χ1v) is 10.0.